The van der Waals surface area contributed by atoms with Crippen molar-refractivity contribution in [2.75, 3.05) is 5.32 Å². The van der Waals surface area contributed by atoms with Crippen LogP contribution in [0.5, 0.6) is 0 Å². The highest BCUT2D eigenvalue weighted by Gasteiger charge is 2.07. The number of halogens is 2. The van der Waals surface area contributed by atoms with Crippen molar-refractivity contribution >= 4 is 33.4 Å². The predicted molar refractivity (Wildman–Crippen MR) is 68.6 cm³/mol. The van der Waals surface area contributed by atoms with Crippen molar-refractivity contribution in [3.05, 3.63) is 52.4 Å². The fourth-order valence-electron chi connectivity index (χ4n) is 1.35. The third-order valence-electron chi connectivity index (χ3n) is 2.16. The van der Waals surface area contributed by atoms with Crippen molar-refractivity contribution in [3.8, 4) is 0 Å². The Balaban J connectivity index is 2.31. The van der Waals surface area contributed by atoms with Gasteiger partial charge in [0.1, 0.15) is 11.6 Å². The van der Waals surface area contributed by atoms with Gasteiger partial charge in [0.15, 0.2) is 5.69 Å². The maximum Gasteiger partial charge on any atom is 0.354 e. The lowest BCUT2D eigenvalue weighted by molar-refractivity contribution is 0.0690. The van der Waals surface area contributed by atoms with Gasteiger partial charge < -0.3 is 10.4 Å². The van der Waals surface area contributed by atoms with E-state index in [-0.39, 0.29) is 17.2 Å². The highest BCUT2D eigenvalue weighted by Crippen LogP contribution is 2.23. The molecule has 0 aliphatic rings. The van der Waals surface area contributed by atoms with E-state index in [1.807, 2.05) is 0 Å². The number of aromatic nitrogens is 1. The Bertz CT molecular complexity index is 604. The van der Waals surface area contributed by atoms with Gasteiger partial charge in [0.2, 0.25) is 0 Å². The van der Waals surface area contributed by atoms with Crippen LogP contribution in [0.2, 0.25) is 0 Å². The van der Waals surface area contributed by atoms with Crippen LogP contribution in [-0.4, -0.2) is 16.1 Å². The van der Waals surface area contributed by atoms with Gasteiger partial charge in [-0.05, 0) is 30.3 Å². The van der Waals surface area contributed by atoms with E-state index >= 15 is 0 Å². The van der Waals surface area contributed by atoms with Gasteiger partial charge in [-0.1, -0.05) is 22.0 Å². The van der Waals surface area contributed by atoms with Gasteiger partial charge in [0.05, 0.1) is 5.69 Å². The van der Waals surface area contributed by atoms with Crippen LogP contribution in [-0.2, 0) is 0 Å². The molecule has 4 nitrogen and oxygen atoms in total. The van der Waals surface area contributed by atoms with Crippen LogP contribution in [0.4, 0.5) is 15.9 Å². The summed E-state index contributed by atoms with van der Waals surface area (Å²) in [6, 6.07) is 8.88. The minimum Gasteiger partial charge on any atom is -0.477 e. The molecule has 0 saturated heterocycles. The SMILES string of the molecule is O=C(O)c1cccc(Nc2cc(Br)ccc2F)n1. The van der Waals surface area contributed by atoms with E-state index in [4.69, 9.17) is 5.11 Å². The van der Waals surface area contributed by atoms with Crippen LogP contribution in [0.15, 0.2) is 40.9 Å². The Kier molecular flexibility index (Phi) is 3.57. The average Bonchev–Trinajstić information content (AvgIpc) is 2.34. The summed E-state index contributed by atoms with van der Waals surface area (Å²) in [5.74, 6) is -1.30. The van der Waals surface area contributed by atoms with Crippen molar-refractivity contribution in [2.45, 2.75) is 0 Å². The quantitative estimate of drug-likeness (QED) is 0.911. The molecule has 2 aromatic rings. The zero-order valence-electron chi connectivity index (χ0n) is 9.02. The van der Waals surface area contributed by atoms with Crippen LogP contribution in [0, 0.1) is 5.82 Å². The molecule has 18 heavy (non-hydrogen) atoms. The van der Waals surface area contributed by atoms with E-state index in [0.717, 1.165) is 0 Å². The number of hydrogen-bond donors (Lipinski definition) is 2. The van der Waals surface area contributed by atoms with Crippen molar-refractivity contribution < 1.29 is 14.3 Å². The van der Waals surface area contributed by atoms with Gasteiger partial charge >= 0.3 is 5.97 Å². The van der Waals surface area contributed by atoms with Crippen molar-refractivity contribution in [3.63, 3.8) is 0 Å². The summed E-state index contributed by atoms with van der Waals surface area (Å²) in [4.78, 5) is 14.6. The molecule has 1 aromatic heterocycles. The summed E-state index contributed by atoms with van der Waals surface area (Å²) >= 11 is 3.23. The highest BCUT2D eigenvalue weighted by atomic mass is 79.9. The lowest BCUT2D eigenvalue weighted by Gasteiger charge is -2.07. The summed E-state index contributed by atoms with van der Waals surface area (Å²) in [5, 5.41) is 11.5. The van der Waals surface area contributed by atoms with E-state index in [0.29, 0.717) is 4.47 Å². The molecule has 0 fully saturated rings. The number of carboxylic acids is 1. The average molecular weight is 311 g/mol. The first-order valence-electron chi connectivity index (χ1n) is 4.98. The van der Waals surface area contributed by atoms with E-state index in [9.17, 15) is 9.18 Å². The Morgan fingerprint density at radius 3 is 2.83 bits per heavy atom. The van der Waals surface area contributed by atoms with Crippen LogP contribution >= 0.6 is 15.9 Å². The zero-order valence-corrected chi connectivity index (χ0v) is 10.6. The Morgan fingerprint density at radius 2 is 2.11 bits per heavy atom. The largest absolute Gasteiger partial charge is 0.477 e. The smallest absolute Gasteiger partial charge is 0.354 e. The summed E-state index contributed by atoms with van der Waals surface area (Å²) < 4.78 is 14.2. The van der Waals surface area contributed by atoms with Crippen LogP contribution in [0.1, 0.15) is 10.5 Å². The molecule has 0 bridgehead atoms. The predicted octanol–water partition coefficient (Wildman–Crippen LogP) is 3.43. The summed E-state index contributed by atoms with van der Waals surface area (Å²) in [6.45, 7) is 0. The number of nitrogens with one attached hydrogen (secondary N) is 1. The summed E-state index contributed by atoms with van der Waals surface area (Å²) in [7, 11) is 0. The molecule has 0 unspecified atom stereocenters. The Hall–Kier alpha value is -1.95. The van der Waals surface area contributed by atoms with Crippen LogP contribution in [0.3, 0.4) is 0 Å². The molecule has 0 saturated carbocycles. The molecule has 1 aromatic carbocycles. The second-order valence-electron chi connectivity index (χ2n) is 3.46. The molecule has 0 spiro atoms. The normalized spacial score (nSPS) is 10.1. The molecule has 2 N–H and O–H groups in total. The van der Waals surface area contributed by atoms with E-state index in [2.05, 4.69) is 26.2 Å². The fraction of sp³-hybridized carbons (Fsp3) is 0. The number of aromatic carboxylic acids is 1. The van der Waals surface area contributed by atoms with E-state index < -0.39 is 11.8 Å². The van der Waals surface area contributed by atoms with Crippen LogP contribution < -0.4 is 5.32 Å². The fourth-order valence-corrected chi connectivity index (χ4v) is 1.72. The molecule has 2 rings (SSSR count). The molecule has 92 valence electrons. The first-order valence-corrected chi connectivity index (χ1v) is 5.78. The third-order valence-corrected chi connectivity index (χ3v) is 2.65. The standard InChI is InChI=1S/C12H8BrFN2O2/c13-7-4-5-8(14)10(6-7)16-11-3-1-2-9(15-11)12(17)18/h1-6H,(H,15,16)(H,17,18). The van der Waals surface area contributed by atoms with Crippen molar-refractivity contribution in [1.82, 2.24) is 4.98 Å². The maximum atomic E-state index is 13.5. The highest BCUT2D eigenvalue weighted by molar-refractivity contribution is 9.10. The lowest BCUT2D eigenvalue weighted by Crippen LogP contribution is -2.03. The van der Waals surface area contributed by atoms with Gasteiger partial charge in [-0.2, -0.15) is 0 Å². The van der Waals surface area contributed by atoms with Gasteiger partial charge in [-0.15, -0.1) is 0 Å². The second-order valence-corrected chi connectivity index (χ2v) is 4.38. The molecule has 0 atom stereocenters. The first kappa shape index (κ1) is 12.5. The lowest BCUT2D eigenvalue weighted by atomic mass is 10.3. The second kappa shape index (κ2) is 5.14. The number of carbonyl (C=O) groups is 1. The molecule has 1 heterocycles. The molecule has 0 radical (unpaired) electrons. The maximum absolute atomic E-state index is 13.5. The van der Waals surface area contributed by atoms with Crippen molar-refractivity contribution in [1.29, 1.82) is 0 Å². The molecular weight excluding hydrogens is 303 g/mol. The minimum absolute atomic E-state index is 0.101. The van der Waals surface area contributed by atoms with E-state index in [1.54, 1.807) is 18.2 Å². The summed E-state index contributed by atoms with van der Waals surface area (Å²) in [5.41, 5.74) is 0.120. The molecule has 0 aliphatic heterocycles. The number of pyridine rings is 1. The number of hydrogen-bond acceptors (Lipinski definition) is 3. The molecule has 0 amide bonds. The molecular formula is C12H8BrFN2O2. The van der Waals surface area contributed by atoms with E-state index in [1.165, 1.54) is 18.2 Å². The number of nitrogens with zero attached hydrogens (tertiary/aromatic N) is 1. The Labute approximate surface area is 111 Å². The van der Waals surface area contributed by atoms with Gasteiger partial charge in [-0.3, -0.25) is 0 Å². The minimum atomic E-state index is -1.13. The summed E-state index contributed by atoms with van der Waals surface area (Å²) in [6.07, 6.45) is 0. The number of rotatable bonds is 3. The monoisotopic (exact) mass is 310 g/mol. The van der Waals surface area contributed by atoms with Crippen molar-refractivity contribution in [2.24, 2.45) is 0 Å². The topological polar surface area (TPSA) is 62.2 Å². The number of benzene rings is 1. The Morgan fingerprint density at radius 1 is 1.33 bits per heavy atom. The third kappa shape index (κ3) is 2.84. The first-order chi connectivity index (χ1) is 8.56. The molecule has 6 heteroatoms. The number of anilines is 2. The van der Waals surface area contributed by atoms with Gasteiger partial charge in [0.25, 0.3) is 0 Å². The molecule has 0 aliphatic carbocycles. The van der Waals surface area contributed by atoms with Crippen LogP contribution in [0.25, 0.3) is 0 Å². The zero-order chi connectivity index (χ0) is 13.1. The number of carboxylic acid groups (broad SMARTS) is 1. The van der Waals surface area contributed by atoms with Gasteiger partial charge in [0, 0.05) is 4.47 Å². The van der Waals surface area contributed by atoms with Gasteiger partial charge in [-0.25, -0.2) is 14.2 Å².